The van der Waals surface area contributed by atoms with E-state index in [1.165, 1.54) is 19.3 Å². The van der Waals surface area contributed by atoms with E-state index in [-0.39, 0.29) is 10.6 Å². The molecule has 1 heterocycles. The standard InChI is InChI=1S/C14H22N4O2/c1-3-17(11-7-5-4-6-8-11)14-12(18(19)20)9-10-13(15-2)16-14/h9-11H,3-8H2,1-2H3,(H,15,16). The second-order valence-electron chi connectivity index (χ2n) is 5.12. The molecule has 0 atom stereocenters. The van der Waals surface area contributed by atoms with Gasteiger partial charge in [-0.2, -0.15) is 0 Å². The molecule has 0 spiro atoms. The predicted molar refractivity (Wildman–Crippen MR) is 80.3 cm³/mol. The molecule has 0 bridgehead atoms. The number of nitrogens with zero attached hydrogens (tertiary/aromatic N) is 3. The number of nitrogens with one attached hydrogen (secondary N) is 1. The topological polar surface area (TPSA) is 71.3 Å². The third-order valence-electron chi connectivity index (χ3n) is 3.94. The number of aromatic nitrogens is 1. The molecule has 2 rings (SSSR count). The molecule has 0 radical (unpaired) electrons. The molecule has 1 fully saturated rings. The van der Waals surface area contributed by atoms with Crippen molar-refractivity contribution in [3.05, 3.63) is 22.2 Å². The largest absolute Gasteiger partial charge is 0.373 e. The van der Waals surface area contributed by atoms with Gasteiger partial charge in [0.2, 0.25) is 5.82 Å². The lowest BCUT2D eigenvalue weighted by atomic mass is 9.94. The molecule has 6 heteroatoms. The molecule has 110 valence electrons. The number of hydrogen-bond acceptors (Lipinski definition) is 5. The Labute approximate surface area is 119 Å². The second-order valence-corrected chi connectivity index (χ2v) is 5.12. The first-order chi connectivity index (χ1) is 9.67. The van der Waals surface area contributed by atoms with Crippen molar-refractivity contribution in [3.63, 3.8) is 0 Å². The van der Waals surface area contributed by atoms with Crippen LogP contribution in [0.1, 0.15) is 39.0 Å². The summed E-state index contributed by atoms with van der Waals surface area (Å²) in [5, 5.41) is 14.2. The van der Waals surface area contributed by atoms with Crippen LogP contribution in [0.25, 0.3) is 0 Å². The van der Waals surface area contributed by atoms with Crippen LogP contribution in [0, 0.1) is 10.1 Å². The molecule has 1 saturated carbocycles. The zero-order valence-electron chi connectivity index (χ0n) is 12.1. The van der Waals surface area contributed by atoms with Gasteiger partial charge in [0.25, 0.3) is 0 Å². The maximum absolute atomic E-state index is 11.2. The van der Waals surface area contributed by atoms with Crippen LogP contribution in [0.2, 0.25) is 0 Å². The highest BCUT2D eigenvalue weighted by Crippen LogP contribution is 2.32. The molecular weight excluding hydrogens is 256 g/mol. The lowest BCUT2D eigenvalue weighted by Crippen LogP contribution is -2.37. The first-order valence-electron chi connectivity index (χ1n) is 7.27. The molecule has 20 heavy (non-hydrogen) atoms. The maximum atomic E-state index is 11.2. The summed E-state index contributed by atoms with van der Waals surface area (Å²) < 4.78 is 0. The van der Waals surface area contributed by atoms with E-state index < -0.39 is 0 Å². The Hall–Kier alpha value is -1.85. The Morgan fingerprint density at radius 2 is 2.10 bits per heavy atom. The van der Waals surface area contributed by atoms with Crippen molar-refractivity contribution in [3.8, 4) is 0 Å². The van der Waals surface area contributed by atoms with Crippen LogP contribution >= 0.6 is 0 Å². The minimum atomic E-state index is -0.340. The maximum Gasteiger partial charge on any atom is 0.311 e. The Kier molecular flexibility index (Phi) is 4.76. The summed E-state index contributed by atoms with van der Waals surface area (Å²) in [6, 6.07) is 3.56. The molecule has 1 aliphatic carbocycles. The van der Waals surface area contributed by atoms with Gasteiger partial charge in [-0.1, -0.05) is 19.3 Å². The van der Waals surface area contributed by atoms with E-state index in [4.69, 9.17) is 0 Å². The van der Waals surface area contributed by atoms with Crippen molar-refractivity contribution in [1.29, 1.82) is 0 Å². The van der Waals surface area contributed by atoms with E-state index in [2.05, 4.69) is 15.2 Å². The molecule has 0 saturated heterocycles. The van der Waals surface area contributed by atoms with Gasteiger partial charge in [0.1, 0.15) is 5.82 Å². The van der Waals surface area contributed by atoms with Crippen molar-refractivity contribution in [2.45, 2.75) is 45.1 Å². The number of rotatable bonds is 5. The molecule has 1 aromatic rings. The minimum absolute atomic E-state index is 0.0939. The van der Waals surface area contributed by atoms with Gasteiger partial charge in [-0.3, -0.25) is 10.1 Å². The first-order valence-corrected chi connectivity index (χ1v) is 7.27. The molecule has 1 N–H and O–H groups in total. The molecule has 0 aliphatic heterocycles. The van der Waals surface area contributed by atoms with Crippen LogP contribution in [0.5, 0.6) is 0 Å². The van der Waals surface area contributed by atoms with Crippen LogP contribution in [0.3, 0.4) is 0 Å². The van der Waals surface area contributed by atoms with Gasteiger partial charge in [0.15, 0.2) is 0 Å². The third kappa shape index (κ3) is 3.00. The van der Waals surface area contributed by atoms with Crippen LogP contribution in [0.15, 0.2) is 12.1 Å². The molecule has 1 aromatic heterocycles. The number of pyridine rings is 1. The van der Waals surface area contributed by atoms with Crippen LogP contribution in [-0.2, 0) is 0 Å². The van der Waals surface area contributed by atoms with Gasteiger partial charge in [0.05, 0.1) is 4.92 Å². The summed E-state index contributed by atoms with van der Waals surface area (Å²) in [7, 11) is 1.77. The average molecular weight is 278 g/mol. The highest BCUT2D eigenvalue weighted by atomic mass is 16.6. The number of hydrogen-bond donors (Lipinski definition) is 1. The fourth-order valence-corrected chi connectivity index (χ4v) is 2.91. The van der Waals surface area contributed by atoms with E-state index >= 15 is 0 Å². The summed E-state index contributed by atoms with van der Waals surface area (Å²) in [5.41, 5.74) is 0.0939. The third-order valence-corrected chi connectivity index (χ3v) is 3.94. The summed E-state index contributed by atoms with van der Waals surface area (Å²) in [4.78, 5) is 17.4. The summed E-state index contributed by atoms with van der Waals surface area (Å²) in [6.07, 6.45) is 5.84. The minimum Gasteiger partial charge on any atom is -0.373 e. The Bertz CT molecular complexity index is 472. The van der Waals surface area contributed by atoms with Crippen molar-refractivity contribution >= 4 is 17.3 Å². The normalized spacial score (nSPS) is 15.9. The highest BCUT2D eigenvalue weighted by molar-refractivity contribution is 5.62. The number of nitro groups is 1. The summed E-state index contributed by atoms with van der Waals surface area (Å²) >= 11 is 0. The van der Waals surface area contributed by atoms with Crippen LogP contribution in [-0.4, -0.2) is 29.5 Å². The molecule has 1 aliphatic rings. The number of anilines is 2. The first kappa shape index (κ1) is 14.6. The SMILES string of the molecule is CCN(c1nc(NC)ccc1[N+](=O)[O-])C1CCCCC1. The van der Waals surface area contributed by atoms with Gasteiger partial charge < -0.3 is 10.2 Å². The fraction of sp³-hybridized carbons (Fsp3) is 0.643. The van der Waals surface area contributed by atoms with Gasteiger partial charge in [-0.25, -0.2) is 4.98 Å². The summed E-state index contributed by atoms with van der Waals surface area (Å²) in [5.74, 6) is 1.16. The molecule has 0 amide bonds. The quantitative estimate of drug-likeness (QED) is 0.661. The van der Waals surface area contributed by atoms with Crippen LogP contribution < -0.4 is 10.2 Å². The molecule has 6 nitrogen and oxygen atoms in total. The summed E-state index contributed by atoms with van der Waals surface area (Å²) in [6.45, 7) is 2.78. The highest BCUT2D eigenvalue weighted by Gasteiger charge is 2.27. The van der Waals surface area contributed by atoms with Gasteiger partial charge in [-0.05, 0) is 25.8 Å². The lowest BCUT2D eigenvalue weighted by Gasteiger charge is -2.34. The predicted octanol–water partition coefficient (Wildman–Crippen LogP) is 3.19. The zero-order chi connectivity index (χ0) is 14.5. The van der Waals surface area contributed by atoms with Gasteiger partial charge in [0, 0.05) is 25.7 Å². The fourth-order valence-electron chi connectivity index (χ4n) is 2.91. The monoisotopic (exact) mass is 278 g/mol. The van der Waals surface area contributed by atoms with E-state index in [1.54, 1.807) is 19.2 Å². The van der Waals surface area contributed by atoms with Crippen molar-refractivity contribution in [2.75, 3.05) is 23.8 Å². The van der Waals surface area contributed by atoms with E-state index in [0.29, 0.717) is 17.7 Å². The average Bonchev–Trinajstić information content (AvgIpc) is 2.48. The Morgan fingerprint density at radius 3 is 2.65 bits per heavy atom. The van der Waals surface area contributed by atoms with E-state index in [0.717, 1.165) is 19.4 Å². The van der Waals surface area contributed by atoms with Crippen LogP contribution in [0.4, 0.5) is 17.3 Å². The van der Waals surface area contributed by atoms with Gasteiger partial charge in [-0.15, -0.1) is 0 Å². The molecule has 0 unspecified atom stereocenters. The second kappa shape index (κ2) is 6.54. The Balaban J connectivity index is 2.37. The van der Waals surface area contributed by atoms with Crippen molar-refractivity contribution in [1.82, 2.24) is 4.98 Å². The molecular formula is C14H22N4O2. The van der Waals surface area contributed by atoms with Crippen molar-refractivity contribution < 1.29 is 4.92 Å². The zero-order valence-corrected chi connectivity index (χ0v) is 12.1. The van der Waals surface area contributed by atoms with Crippen molar-refractivity contribution in [2.24, 2.45) is 0 Å². The molecule has 0 aromatic carbocycles. The van der Waals surface area contributed by atoms with E-state index in [1.807, 2.05) is 6.92 Å². The Morgan fingerprint density at radius 1 is 1.40 bits per heavy atom. The van der Waals surface area contributed by atoms with E-state index in [9.17, 15) is 10.1 Å². The van der Waals surface area contributed by atoms with Gasteiger partial charge >= 0.3 is 5.69 Å². The lowest BCUT2D eigenvalue weighted by molar-refractivity contribution is -0.384. The smallest absolute Gasteiger partial charge is 0.311 e.